The summed E-state index contributed by atoms with van der Waals surface area (Å²) in [5.74, 6) is 0.916. The van der Waals surface area contributed by atoms with Gasteiger partial charge in [0.05, 0.1) is 11.6 Å². The average molecular weight is 270 g/mol. The molecule has 0 atom stereocenters. The van der Waals surface area contributed by atoms with Gasteiger partial charge in [-0.1, -0.05) is 12.1 Å². The van der Waals surface area contributed by atoms with Gasteiger partial charge in [-0.15, -0.1) is 0 Å². The molecule has 15 heavy (non-hydrogen) atoms. The Balaban J connectivity index is 2.21. The number of methoxy groups -OCH3 is 1. The van der Waals surface area contributed by atoms with Crippen LogP contribution in [0.5, 0.6) is 5.75 Å². The van der Waals surface area contributed by atoms with E-state index >= 15 is 0 Å². The third kappa shape index (κ3) is 2.18. The number of likely N-dealkylation sites (N-methyl/N-ethyl adjacent to an activating group) is 1. The SMILES string of the molecule is CNC1(Cc2cccc(OC)c2Br)CC1. The molecule has 0 amide bonds. The Labute approximate surface area is 99.1 Å². The van der Waals surface area contributed by atoms with Crippen molar-refractivity contribution in [2.24, 2.45) is 0 Å². The minimum atomic E-state index is 0.342. The molecule has 1 N–H and O–H groups in total. The normalized spacial score (nSPS) is 17.5. The Kier molecular flexibility index (Phi) is 3.03. The zero-order valence-corrected chi connectivity index (χ0v) is 10.7. The van der Waals surface area contributed by atoms with E-state index in [9.17, 15) is 0 Å². The summed E-state index contributed by atoms with van der Waals surface area (Å²) in [6, 6.07) is 6.18. The highest BCUT2D eigenvalue weighted by Crippen LogP contribution is 2.40. The van der Waals surface area contributed by atoms with Gasteiger partial charge >= 0.3 is 0 Å². The number of benzene rings is 1. The molecule has 1 aliphatic rings. The zero-order valence-electron chi connectivity index (χ0n) is 9.14. The van der Waals surface area contributed by atoms with Crippen molar-refractivity contribution >= 4 is 15.9 Å². The third-order valence-corrected chi connectivity index (χ3v) is 4.08. The Morgan fingerprint density at radius 2 is 2.20 bits per heavy atom. The van der Waals surface area contributed by atoms with Crippen LogP contribution in [0, 0.1) is 0 Å². The van der Waals surface area contributed by atoms with Crippen LogP contribution < -0.4 is 10.1 Å². The van der Waals surface area contributed by atoms with E-state index in [0.717, 1.165) is 16.6 Å². The molecular weight excluding hydrogens is 254 g/mol. The summed E-state index contributed by atoms with van der Waals surface area (Å²) < 4.78 is 6.38. The smallest absolute Gasteiger partial charge is 0.133 e. The van der Waals surface area contributed by atoms with Crippen molar-refractivity contribution < 1.29 is 4.74 Å². The fourth-order valence-corrected chi connectivity index (χ4v) is 2.45. The topological polar surface area (TPSA) is 21.3 Å². The molecule has 1 aromatic carbocycles. The lowest BCUT2D eigenvalue weighted by Gasteiger charge is -2.16. The number of hydrogen-bond donors (Lipinski definition) is 1. The van der Waals surface area contributed by atoms with Crippen LogP contribution in [0.2, 0.25) is 0 Å². The summed E-state index contributed by atoms with van der Waals surface area (Å²) in [6.45, 7) is 0. The van der Waals surface area contributed by atoms with E-state index in [4.69, 9.17) is 4.74 Å². The maximum Gasteiger partial charge on any atom is 0.133 e. The zero-order chi connectivity index (χ0) is 10.9. The Hall–Kier alpha value is -0.540. The Morgan fingerprint density at radius 1 is 1.47 bits per heavy atom. The van der Waals surface area contributed by atoms with E-state index in [0.29, 0.717) is 5.54 Å². The van der Waals surface area contributed by atoms with Crippen molar-refractivity contribution in [2.75, 3.05) is 14.2 Å². The summed E-state index contributed by atoms with van der Waals surface area (Å²) >= 11 is 3.60. The van der Waals surface area contributed by atoms with Crippen molar-refractivity contribution in [1.29, 1.82) is 0 Å². The van der Waals surface area contributed by atoms with Crippen molar-refractivity contribution in [3.05, 3.63) is 28.2 Å². The summed E-state index contributed by atoms with van der Waals surface area (Å²) in [7, 11) is 3.75. The van der Waals surface area contributed by atoms with Gasteiger partial charge in [-0.25, -0.2) is 0 Å². The average Bonchev–Trinajstić information content (AvgIpc) is 3.02. The van der Waals surface area contributed by atoms with Crippen LogP contribution in [0.1, 0.15) is 18.4 Å². The standard InChI is InChI=1S/C12H16BrNO/c1-14-12(6-7-12)8-9-4-3-5-10(15-2)11(9)13/h3-5,14H,6-8H2,1-2H3. The fourth-order valence-electron chi connectivity index (χ4n) is 1.88. The van der Waals surface area contributed by atoms with Crippen molar-refractivity contribution in [3.8, 4) is 5.75 Å². The molecule has 0 unspecified atom stereocenters. The predicted molar refractivity (Wildman–Crippen MR) is 65.4 cm³/mol. The van der Waals surface area contributed by atoms with E-state index in [1.807, 2.05) is 19.2 Å². The van der Waals surface area contributed by atoms with E-state index in [-0.39, 0.29) is 0 Å². The molecule has 0 spiro atoms. The van der Waals surface area contributed by atoms with E-state index in [2.05, 4.69) is 27.3 Å². The first kappa shape index (κ1) is 11.0. The highest BCUT2D eigenvalue weighted by atomic mass is 79.9. The maximum atomic E-state index is 5.29. The number of ether oxygens (including phenoxy) is 1. The third-order valence-electron chi connectivity index (χ3n) is 3.18. The van der Waals surface area contributed by atoms with E-state index < -0.39 is 0 Å². The number of hydrogen-bond acceptors (Lipinski definition) is 2. The Bertz CT molecular complexity index is 361. The van der Waals surface area contributed by atoms with Gasteiger partial charge in [-0.3, -0.25) is 0 Å². The van der Waals surface area contributed by atoms with Gasteiger partial charge in [-0.05, 0) is 53.9 Å². The van der Waals surface area contributed by atoms with Gasteiger partial charge in [-0.2, -0.15) is 0 Å². The minimum absolute atomic E-state index is 0.342. The highest BCUT2D eigenvalue weighted by Gasteiger charge is 2.41. The molecule has 0 radical (unpaired) electrons. The van der Waals surface area contributed by atoms with Crippen LogP contribution in [-0.4, -0.2) is 19.7 Å². The Morgan fingerprint density at radius 3 is 2.73 bits per heavy atom. The second-order valence-electron chi connectivity index (χ2n) is 4.14. The summed E-state index contributed by atoms with van der Waals surface area (Å²) in [5, 5.41) is 3.40. The molecule has 0 saturated heterocycles. The van der Waals surface area contributed by atoms with Gasteiger partial charge in [0.1, 0.15) is 5.75 Å². The molecule has 82 valence electrons. The van der Waals surface area contributed by atoms with Crippen LogP contribution >= 0.6 is 15.9 Å². The summed E-state index contributed by atoms with van der Waals surface area (Å²) in [5.41, 5.74) is 1.66. The van der Waals surface area contributed by atoms with Gasteiger partial charge in [0.15, 0.2) is 0 Å². The van der Waals surface area contributed by atoms with Crippen molar-refractivity contribution in [1.82, 2.24) is 5.32 Å². The molecule has 1 saturated carbocycles. The van der Waals surface area contributed by atoms with E-state index in [1.54, 1.807) is 7.11 Å². The molecule has 2 rings (SSSR count). The molecule has 0 heterocycles. The lowest BCUT2D eigenvalue weighted by Crippen LogP contribution is -2.29. The van der Waals surface area contributed by atoms with Crippen LogP contribution in [0.4, 0.5) is 0 Å². The lowest BCUT2D eigenvalue weighted by atomic mass is 10.0. The molecule has 2 nitrogen and oxygen atoms in total. The second-order valence-corrected chi connectivity index (χ2v) is 4.93. The van der Waals surface area contributed by atoms with Gasteiger partial charge in [0.25, 0.3) is 0 Å². The minimum Gasteiger partial charge on any atom is -0.496 e. The molecule has 1 aromatic rings. The van der Waals surface area contributed by atoms with Gasteiger partial charge in [0, 0.05) is 5.54 Å². The highest BCUT2D eigenvalue weighted by molar-refractivity contribution is 9.10. The van der Waals surface area contributed by atoms with Crippen LogP contribution in [0.15, 0.2) is 22.7 Å². The first-order valence-corrected chi connectivity index (χ1v) is 6.00. The monoisotopic (exact) mass is 269 g/mol. The predicted octanol–water partition coefficient (Wildman–Crippen LogP) is 2.75. The molecule has 1 fully saturated rings. The van der Waals surface area contributed by atoms with E-state index in [1.165, 1.54) is 18.4 Å². The van der Waals surface area contributed by atoms with Gasteiger partial charge < -0.3 is 10.1 Å². The molecule has 0 aliphatic heterocycles. The van der Waals surface area contributed by atoms with Crippen LogP contribution in [0.3, 0.4) is 0 Å². The quantitative estimate of drug-likeness (QED) is 0.908. The van der Waals surface area contributed by atoms with Crippen LogP contribution in [0.25, 0.3) is 0 Å². The summed E-state index contributed by atoms with van der Waals surface area (Å²) in [6.07, 6.45) is 3.61. The molecule has 0 aromatic heterocycles. The van der Waals surface area contributed by atoms with Crippen molar-refractivity contribution in [2.45, 2.75) is 24.8 Å². The lowest BCUT2D eigenvalue weighted by molar-refractivity contribution is 0.411. The largest absolute Gasteiger partial charge is 0.496 e. The second kappa shape index (κ2) is 4.14. The number of rotatable bonds is 4. The van der Waals surface area contributed by atoms with Gasteiger partial charge in [0.2, 0.25) is 0 Å². The summed E-state index contributed by atoms with van der Waals surface area (Å²) in [4.78, 5) is 0. The number of halogens is 1. The molecular formula is C12H16BrNO. The molecule has 3 heteroatoms. The van der Waals surface area contributed by atoms with Crippen molar-refractivity contribution in [3.63, 3.8) is 0 Å². The van der Waals surface area contributed by atoms with Crippen LogP contribution in [-0.2, 0) is 6.42 Å². The fraction of sp³-hybridized carbons (Fsp3) is 0.500. The maximum absolute atomic E-state index is 5.29. The first-order valence-electron chi connectivity index (χ1n) is 5.21. The molecule has 1 aliphatic carbocycles. The molecule has 0 bridgehead atoms. The first-order chi connectivity index (χ1) is 7.21. The number of nitrogens with one attached hydrogen (secondary N) is 1.